The second-order valence-electron chi connectivity index (χ2n) is 7.34. The third kappa shape index (κ3) is 3.23. The number of aromatic nitrogens is 2. The van der Waals surface area contributed by atoms with Crippen molar-refractivity contribution in [1.29, 1.82) is 0 Å². The number of rotatable bonds is 3. The Morgan fingerprint density at radius 3 is 2.74 bits per heavy atom. The van der Waals surface area contributed by atoms with Crippen molar-refractivity contribution in [3.63, 3.8) is 0 Å². The molecule has 4 rings (SSSR count). The summed E-state index contributed by atoms with van der Waals surface area (Å²) in [6, 6.07) is 15.9. The van der Waals surface area contributed by atoms with Gasteiger partial charge in [0.05, 0.1) is 17.3 Å². The lowest BCUT2D eigenvalue weighted by Gasteiger charge is -2.27. The van der Waals surface area contributed by atoms with Gasteiger partial charge in [-0.05, 0) is 31.0 Å². The average Bonchev–Trinajstić information content (AvgIpc) is 3.17. The summed E-state index contributed by atoms with van der Waals surface area (Å²) in [6.07, 6.45) is 4.21. The van der Waals surface area contributed by atoms with E-state index in [0.717, 1.165) is 28.0 Å². The minimum atomic E-state index is 0.0654. The fraction of sp³-hybridized carbons (Fsp3) is 0.261. The van der Waals surface area contributed by atoms with E-state index in [9.17, 15) is 4.79 Å². The van der Waals surface area contributed by atoms with E-state index >= 15 is 0 Å². The molecule has 0 radical (unpaired) electrons. The van der Waals surface area contributed by atoms with E-state index in [1.807, 2.05) is 60.4 Å². The van der Waals surface area contributed by atoms with Crippen LogP contribution in [0.5, 0.6) is 0 Å². The summed E-state index contributed by atoms with van der Waals surface area (Å²) < 4.78 is 0. The predicted molar refractivity (Wildman–Crippen MR) is 109 cm³/mol. The van der Waals surface area contributed by atoms with Gasteiger partial charge >= 0.3 is 0 Å². The predicted octanol–water partition coefficient (Wildman–Crippen LogP) is 4.64. The third-order valence-corrected chi connectivity index (χ3v) is 5.04. The van der Waals surface area contributed by atoms with Gasteiger partial charge in [-0.15, -0.1) is 0 Å². The molecule has 27 heavy (non-hydrogen) atoms. The van der Waals surface area contributed by atoms with E-state index in [4.69, 9.17) is 0 Å². The van der Waals surface area contributed by atoms with Gasteiger partial charge in [0, 0.05) is 23.1 Å². The van der Waals surface area contributed by atoms with Gasteiger partial charge in [-0.2, -0.15) is 0 Å². The molecule has 1 amide bonds. The normalized spacial score (nSPS) is 16.4. The van der Waals surface area contributed by atoms with Crippen molar-refractivity contribution >= 4 is 16.8 Å². The lowest BCUT2D eigenvalue weighted by atomic mass is 10.0. The van der Waals surface area contributed by atoms with E-state index in [-0.39, 0.29) is 11.9 Å². The maximum atomic E-state index is 13.1. The molecule has 1 aliphatic rings. The molecule has 1 aliphatic heterocycles. The molecule has 2 heterocycles. The van der Waals surface area contributed by atoms with E-state index in [1.54, 1.807) is 0 Å². The molecule has 2 aromatic carbocycles. The van der Waals surface area contributed by atoms with Crippen molar-refractivity contribution in [3.8, 4) is 11.3 Å². The molecule has 1 unspecified atom stereocenters. The van der Waals surface area contributed by atoms with E-state index in [1.165, 1.54) is 0 Å². The van der Waals surface area contributed by atoms with Crippen molar-refractivity contribution in [2.75, 3.05) is 6.54 Å². The van der Waals surface area contributed by atoms with Gasteiger partial charge in [0.25, 0.3) is 5.91 Å². The van der Waals surface area contributed by atoms with Crippen molar-refractivity contribution in [2.24, 2.45) is 5.92 Å². The second kappa shape index (κ2) is 6.95. The minimum absolute atomic E-state index is 0.0654. The molecule has 4 nitrogen and oxygen atoms in total. The number of para-hydroxylation sites is 1. The van der Waals surface area contributed by atoms with E-state index < -0.39 is 0 Å². The Morgan fingerprint density at radius 1 is 1.11 bits per heavy atom. The van der Waals surface area contributed by atoms with Gasteiger partial charge in [0.15, 0.2) is 0 Å². The fourth-order valence-corrected chi connectivity index (χ4v) is 3.72. The Kier molecular flexibility index (Phi) is 4.48. The largest absolute Gasteiger partial charge is 0.328 e. The van der Waals surface area contributed by atoms with Crippen LogP contribution in [-0.2, 0) is 0 Å². The number of benzene rings is 2. The molecular formula is C23H23N3O. The zero-order chi connectivity index (χ0) is 19.0. The Bertz CT molecular complexity index is 1040. The van der Waals surface area contributed by atoms with Crippen LogP contribution < -0.4 is 0 Å². The van der Waals surface area contributed by atoms with Crippen LogP contribution in [-0.4, -0.2) is 33.4 Å². The summed E-state index contributed by atoms with van der Waals surface area (Å²) >= 11 is 0. The van der Waals surface area contributed by atoms with Crippen LogP contribution in [0.25, 0.3) is 22.2 Å². The van der Waals surface area contributed by atoms with Crippen LogP contribution in [0.3, 0.4) is 0 Å². The molecule has 0 bridgehead atoms. The molecule has 136 valence electrons. The molecule has 1 atom stereocenters. The van der Waals surface area contributed by atoms with Crippen LogP contribution in [0, 0.1) is 12.8 Å². The summed E-state index contributed by atoms with van der Waals surface area (Å²) in [4.78, 5) is 24.2. The summed E-state index contributed by atoms with van der Waals surface area (Å²) in [7, 11) is 0. The number of fused-ring (bicyclic) bond motifs is 1. The van der Waals surface area contributed by atoms with Crippen LogP contribution in [0.1, 0.15) is 30.0 Å². The smallest absolute Gasteiger partial charge is 0.254 e. The number of hydrogen-bond acceptors (Lipinski definition) is 3. The van der Waals surface area contributed by atoms with Gasteiger partial charge < -0.3 is 4.90 Å². The van der Waals surface area contributed by atoms with Crippen molar-refractivity contribution in [3.05, 3.63) is 72.1 Å². The molecule has 0 N–H and O–H groups in total. The molecule has 3 aromatic rings. The van der Waals surface area contributed by atoms with Crippen LogP contribution in [0.4, 0.5) is 0 Å². The zero-order valence-corrected chi connectivity index (χ0v) is 15.9. The topological polar surface area (TPSA) is 46.1 Å². The maximum Gasteiger partial charge on any atom is 0.254 e. The van der Waals surface area contributed by atoms with Gasteiger partial charge in [0.1, 0.15) is 5.82 Å². The quantitative estimate of drug-likeness (QED) is 0.642. The van der Waals surface area contributed by atoms with Gasteiger partial charge in [-0.3, -0.25) is 4.79 Å². The first-order valence-corrected chi connectivity index (χ1v) is 9.36. The molecule has 0 saturated heterocycles. The SMILES string of the molecule is Cc1nc(-c2cccc(C(=O)N3CC=CC3C(C)C)c2)c2ccccc2n1. The molecule has 4 heteroatoms. The molecule has 0 saturated carbocycles. The minimum Gasteiger partial charge on any atom is -0.328 e. The number of amides is 1. The van der Waals surface area contributed by atoms with Crippen molar-refractivity contribution < 1.29 is 4.79 Å². The highest BCUT2D eigenvalue weighted by Crippen LogP contribution is 2.28. The number of hydrogen-bond donors (Lipinski definition) is 0. The summed E-state index contributed by atoms with van der Waals surface area (Å²) in [6.45, 7) is 6.86. The number of carbonyl (C=O) groups excluding carboxylic acids is 1. The Hall–Kier alpha value is -3.01. The average molecular weight is 357 g/mol. The van der Waals surface area contributed by atoms with Crippen LogP contribution in [0.2, 0.25) is 0 Å². The van der Waals surface area contributed by atoms with Gasteiger partial charge in [0.2, 0.25) is 0 Å². The summed E-state index contributed by atoms with van der Waals surface area (Å²) in [5, 5.41) is 0.996. The summed E-state index contributed by atoms with van der Waals surface area (Å²) in [5.41, 5.74) is 3.42. The summed E-state index contributed by atoms with van der Waals surface area (Å²) in [5.74, 6) is 1.18. The lowest BCUT2D eigenvalue weighted by Crippen LogP contribution is -2.39. The number of aryl methyl sites for hydroxylation is 1. The van der Waals surface area contributed by atoms with Gasteiger partial charge in [-0.25, -0.2) is 9.97 Å². The highest BCUT2D eigenvalue weighted by molar-refractivity contribution is 5.98. The lowest BCUT2D eigenvalue weighted by molar-refractivity contribution is 0.0720. The van der Waals surface area contributed by atoms with Crippen molar-refractivity contribution in [2.45, 2.75) is 26.8 Å². The molecule has 0 spiro atoms. The highest BCUT2D eigenvalue weighted by atomic mass is 16.2. The zero-order valence-electron chi connectivity index (χ0n) is 15.9. The molecule has 0 aliphatic carbocycles. The first-order valence-electron chi connectivity index (χ1n) is 9.36. The third-order valence-electron chi connectivity index (χ3n) is 5.04. The van der Waals surface area contributed by atoms with E-state index in [0.29, 0.717) is 18.0 Å². The molecular weight excluding hydrogens is 334 g/mol. The number of carbonyl (C=O) groups is 1. The first kappa shape index (κ1) is 17.4. The number of nitrogens with zero attached hydrogens (tertiary/aromatic N) is 3. The second-order valence-corrected chi connectivity index (χ2v) is 7.34. The fourth-order valence-electron chi connectivity index (χ4n) is 3.72. The monoisotopic (exact) mass is 357 g/mol. The molecule has 0 fully saturated rings. The Labute approximate surface area is 159 Å². The maximum absolute atomic E-state index is 13.1. The molecule has 1 aromatic heterocycles. The van der Waals surface area contributed by atoms with Crippen LogP contribution in [0.15, 0.2) is 60.7 Å². The Morgan fingerprint density at radius 2 is 1.93 bits per heavy atom. The van der Waals surface area contributed by atoms with E-state index in [2.05, 4.69) is 36.0 Å². The first-order chi connectivity index (χ1) is 13.0. The van der Waals surface area contributed by atoms with Crippen molar-refractivity contribution in [1.82, 2.24) is 14.9 Å². The van der Waals surface area contributed by atoms with Gasteiger partial charge in [-0.1, -0.05) is 56.3 Å². The highest BCUT2D eigenvalue weighted by Gasteiger charge is 2.28. The van der Waals surface area contributed by atoms with Crippen LogP contribution >= 0.6 is 0 Å². The standard InChI is InChI=1S/C23H23N3O/c1-15(2)21-12-7-13-26(21)23(27)18-9-6-8-17(14-18)22-19-10-4-5-11-20(19)24-16(3)25-22/h4-12,14-15,21H,13H2,1-3H3. The Balaban J connectivity index is 1.75.